The van der Waals surface area contributed by atoms with E-state index < -0.39 is 0 Å². The molecule has 5 nitrogen and oxygen atoms in total. The summed E-state index contributed by atoms with van der Waals surface area (Å²) in [6, 6.07) is 13.5. The van der Waals surface area contributed by atoms with E-state index in [-0.39, 0.29) is 0 Å². The van der Waals surface area contributed by atoms with Gasteiger partial charge in [0, 0.05) is 5.75 Å². The summed E-state index contributed by atoms with van der Waals surface area (Å²) >= 11 is 7.62. The number of benzene rings is 2. The lowest BCUT2D eigenvalue weighted by atomic mass is 10.1. The van der Waals surface area contributed by atoms with E-state index in [1.807, 2.05) is 36.4 Å². The molecular formula is C17H17ClN4OS. The maximum atomic E-state index is 6.07. The molecule has 1 heterocycles. The van der Waals surface area contributed by atoms with Gasteiger partial charge in [-0.25, -0.2) is 0 Å². The van der Waals surface area contributed by atoms with E-state index in [0.717, 1.165) is 16.6 Å². The Labute approximate surface area is 150 Å². The van der Waals surface area contributed by atoms with Gasteiger partial charge < -0.3 is 4.74 Å². The summed E-state index contributed by atoms with van der Waals surface area (Å²) in [5.74, 6) is 1.41. The number of hydrogen-bond acceptors (Lipinski definition) is 5. The van der Waals surface area contributed by atoms with Crippen molar-refractivity contribution in [3.8, 4) is 11.4 Å². The van der Waals surface area contributed by atoms with Crippen molar-refractivity contribution in [1.82, 2.24) is 20.2 Å². The molecule has 0 fully saturated rings. The second-order valence-corrected chi connectivity index (χ2v) is 6.69. The molecule has 0 bridgehead atoms. The third-order valence-electron chi connectivity index (χ3n) is 3.65. The van der Waals surface area contributed by atoms with E-state index in [1.165, 1.54) is 11.1 Å². The molecule has 0 atom stereocenters. The predicted octanol–water partition coefficient (Wildman–Crippen LogP) is 4.10. The van der Waals surface area contributed by atoms with Crippen LogP contribution in [-0.2, 0) is 0 Å². The van der Waals surface area contributed by atoms with Crippen LogP contribution in [-0.4, -0.2) is 32.6 Å². The molecule has 24 heavy (non-hydrogen) atoms. The van der Waals surface area contributed by atoms with Crippen LogP contribution in [0, 0.1) is 13.8 Å². The molecule has 0 spiro atoms. The van der Waals surface area contributed by atoms with Gasteiger partial charge in [0.25, 0.3) is 0 Å². The van der Waals surface area contributed by atoms with E-state index in [9.17, 15) is 0 Å². The molecular weight excluding hydrogens is 344 g/mol. The van der Waals surface area contributed by atoms with E-state index in [0.29, 0.717) is 17.4 Å². The Kier molecular flexibility index (Phi) is 5.37. The highest BCUT2D eigenvalue weighted by atomic mass is 35.5. The number of para-hydroxylation sites is 1. The molecule has 124 valence electrons. The van der Waals surface area contributed by atoms with Crippen LogP contribution in [0.15, 0.2) is 47.6 Å². The Morgan fingerprint density at radius 1 is 1.12 bits per heavy atom. The van der Waals surface area contributed by atoms with Crippen molar-refractivity contribution < 1.29 is 4.74 Å². The van der Waals surface area contributed by atoms with Crippen LogP contribution >= 0.6 is 23.4 Å². The Hall–Kier alpha value is -2.05. The molecule has 7 heteroatoms. The number of thioether (sulfide) groups is 1. The van der Waals surface area contributed by atoms with Gasteiger partial charge in [-0.05, 0) is 53.6 Å². The minimum atomic E-state index is 0.522. The first-order valence-corrected chi connectivity index (χ1v) is 8.88. The molecule has 3 rings (SSSR count). The highest BCUT2D eigenvalue weighted by Gasteiger charge is 2.12. The van der Waals surface area contributed by atoms with Crippen LogP contribution in [0.5, 0.6) is 5.75 Å². The average Bonchev–Trinajstić information content (AvgIpc) is 3.04. The fourth-order valence-corrected chi connectivity index (χ4v) is 3.12. The van der Waals surface area contributed by atoms with E-state index in [4.69, 9.17) is 16.3 Å². The van der Waals surface area contributed by atoms with Gasteiger partial charge in [-0.15, -0.1) is 5.10 Å². The normalized spacial score (nSPS) is 10.8. The molecule has 0 aliphatic heterocycles. The van der Waals surface area contributed by atoms with E-state index >= 15 is 0 Å². The van der Waals surface area contributed by atoms with Crippen molar-refractivity contribution in [2.45, 2.75) is 19.0 Å². The molecule has 3 aromatic rings. The highest BCUT2D eigenvalue weighted by molar-refractivity contribution is 7.99. The van der Waals surface area contributed by atoms with Crippen LogP contribution in [0.25, 0.3) is 5.69 Å². The number of hydrogen-bond donors (Lipinski definition) is 0. The highest BCUT2D eigenvalue weighted by Crippen LogP contribution is 2.25. The lowest BCUT2D eigenvalue weighted by Crippen LogP contribution is -2.05. The van der Waals surface area contributed by atoms with Gasteiger partial charge >= 0.3 is 0 Å². The maximum absolute atomic E-state index is 6.07. The second-order valence-electron chi connectivity index (χ2n) is 5.22. The van der Waals surface area contributed by atoms with Crippen LogP contribution in [0.3, 0.4) is 0 Å². The Morgan fingerprint density at radius 3 is 2.79 bits per heavy atom. The number of ether oxygens (including phenoxy) is 1. The van der Waals surface area contributed by atoms with Gasteiger partial charge in [0.1, 0.15) is 5.75 Å². The second kappa shape index (κ2) is 7.68. The molecule has 0 saturated heterocycles. The molecule has 0 aliphatic rings. The zero-order chi connectivity index (χ0) is 16.9. The summed E-state index contributed by atoms with van der Waals surface area (Å²) in [4.78, 5) is 0. The lowest BCUT2D eigenvalue weighted by Gasteiger charge is -2.10. The molecule has 0 radical (unpaired) electrons. The number of rotatable bonds is 6. The molecule has 0 unspecified atom stereocenters. The summed E-state index contributed by atoms with van der Waals surface area (Å²) in [6.45, 7) is 4.67. The molecule has 0 N–H and O–H groups in total. The summed E-state index contributed by atoms with van der Waals surface area (Å²) in [5.41, 5.74) is 3.37. The minimum Gasteiger partial charge on any atom is -0.491 e. The van der Waals surface area contributed by atoms with Crippen LogP contribution < -0.4 is 4.74 Å². The van der Waals surface area contributed by atoms with Crippen molar-refractivity contribution in [2.75, 3.05) is 12.4 Å². The largest absolute Gasteiger partial charge is 0.491 e. The number of aromatic nitrogens is 4. The number of aryl methyl sites for hydroxylation is 1. The zero-order valence-electron chi connectivity index (χ0n) is 13.4. The first-order chi connectivity index (χ1) is 11.7. The number of halogens is 1. The monoisotopic (exact) mass is 360 g/mol. The number of tetrazole rings is 1. The fourth-order valence-electron chi connectivity index (χ4n) is 2.23. The van der Waals surface area contributed by atoms with Gasteiger partial charge in [-0.2, -0.15) is 4.68 Å². The standard InChI is InChI=1S/C17H17ClN4OS/c1-12-6-5-8-15(13(12)2)22-17(19-20-21-22)24-11-10-23-16-9-4-3-7-14(16)18/h3-9H,10-11H2,1-2H3. The fraction of sp³-hybridized carbons (Fsp3) is 0.235. The average molecular weight is 361 g/mol. The maximum Gasteiger partial charge on any atom is 0.214 e. The summed E-state index contributed by atoms with van der Waals surface area (Å²) in [6.07, 6.45) is 0. The van der Waals surface area contributed by atoms with Gasteiger partial charge in [0.05, 0.1) is 17.3 Å². The van der Waals surface area contributed by atoms with Crippen molar-refractivity contribution in [1.29, 1.82) is 0 Å². The molecule has 1 aromatic heterocycles. The Morgan fingerprint density at radius 2 is 1.96 bits per heavy atom. The first kappa shape index (κ1) is 16.8. The summed E-state index contributed by atoms with van der Waals surface area (Å²) < 4.78 is 7.46. The summed E-state index contributed by atoms with van der Waals surface area (Å²) in [5, 5.41) is 13.4. The quantitative estimate of drug-likeness (QED) is 0.489. The van der Waals surface area contributed by atoms with Crippen molar-refractivity contribution in [3.05, 3.63) is 58.6 Å². The Bertz CT molecular complexity index is 837. The van der Waals surface area contributed by atoms with Crippen molar-refractivity contribution >= 4 is 23.4 Å². The third-order valence-corrected chi connectivity index (χ3v) is 4.85. The van der Waals surface area contributed by atoms with Gasteiger partial charge in [-0.1, -0.05) is 47.6 Å². The Balaban J connectivity index is 1.64. The van der Waals surface area contributed by atoms with E-state index in [2.05, 4.69) is 35.4 Å². The van der Waals surface area contributed by atoms with Gasteiger partial charge in [0.2, 0.25) is 5.16 Å². The first-order valence-electron chi connectivity index (χ1n) is 7.52. The summed E-state index contributed by atoms with van der Waals surface area (Å²) in [7, 11) is 0. The van der Waals surface area contributed by atoms with Gasteiger partial charge in [-0.3, -0.25) is 0 Å². The zero-order valence-corrected chi connectivity index (χ0v) is 15.0. The van der Waals surface area contributed by atoms with Crippen molar-refractivity contribution in [3.63, 3.8) is 0 Å². The molecule has 0 aliphatic carbocycles. The molecule has 0 amide bonds. The van der Waals surface area contributed by atoms with Crippen LogP contribution in [0.1, 0.15) is 11.1 Å². The van der Waals surface area contributed by atoms with Crippen LogP contribution in [0.4, 0.5) is 0 Å². The molecule has 0 saturated carbocycles. The predicted molar refractivity (Wildman–Crippen MR) is 96.3 cm³/mol. The van der Waals surface area contributed by atoms with Crippen molar-refractivity contribution in [2.24, 2.45) is 0 Å². The SMILES string of the molecule is Cc1cccc(-n2nnnc2SCCOc2ccccc2Cl)c1C. The van der Waals surface area contributed by atoms with Gasteiger partial charge in [0.15, 0.2) is 0 Å². The smallest absolute Gasteiger partial charge is 0.214 e. The third kappa shape index (κ3) is 3.71. The minimum absolute atomic E-state index is 0.522. The lowest BCUT2D eigenvalue weighted by molar-refractivity contribution is 0.344. The van der Waals surface area contributed by atoms with Crippen LogP contribution in [0.2, 0.25) is 5.02 Å². The van der Waals surface area contributed by atoms with E-state index in [1.54, 1.807) is 16.4 Å². The molecule has 2 aromatic carbocycles. The topological polar surface area (TPSA) is 52.8 Å². The number of nitrogens with zero attached hydrogens (tertiary/aromatic N) is 4.